The number of nitrogens with two attached hydrogens (primary N) is 1. The van der Waals surface area contributed by atoms with Crippen LogP contribution in [0, 0.1) is 0 Å². The molecule has 16 heavy (non-hydrogen) atoms. The van der Waals surface area contributed by atoms with Crippen molar-refractivity contribution < 1.29 is 9.59 Å². The fourth-order valence-electron chi connectivity index (χ4n) is 1.58. The Morgan fingerprint density at radius 1 is 1.31 bits per heavy atom. The molecule has 0 fully saturated rings. The average Bonchev–Trinajstić information content (AvgIpc) is 2.43. The van der Waals surface area contributed by atoms with Gasteiger partial charge in [0.2, 0.25) is 0 Å². The summed E-state index contributed by atoms with van der Waals surface area (Å²) in [5, 5.41) is 2.83. The van der Waals surface area contributed by atoms with Gasteiger partial charge in [-0.05, 0) is 30.4 Å². The molecule has 1 heterocycles. The molecule has 0 saturated carbocycles. The Balaban J connectivity index is 2.45. The van der Waals surface area contributed by atoms with E-state index in [1.807, 2.05) is 0 Å². The Kier molecular flexibility index (Phi) is 2.35. The number of carbonyl (C=O) groups excluding carboxylic acids is 2. The number of hydrogen-bond donors (Lipinski definition) is 2. The van der Waals surface area contributed by atoms with Crippen LogP contribution in [0.5, 0.6) is 0 Å². The number of hydrogen-bond acceptors (Lipinski definition) is 3. The largest absolute Gasteiger partial charge is 0.376 e. The molecule has 82 valence electrons. The van der Waals surface area contributed by atoms with Gasteiger partial charge >= 0.3 is 0 Å². The van der Waals surface area contributed by atoms with Gasteiger partial charge in [-0.15, -0.1) is 0 Å². The molecule has 5 nitrogen and oxygen atoms in total. The lowest BCUT2D eigenvalue weighted by Gasteiger charge is -2.04. The highest BCUT2D eigenvalue weighted by molar-refractivity contribution is 7.80. The summed E-state index contributed by atoms with van der Waals surface area (Å²) in [6.07, 6.45) is 0. The Hall–Kier alpha value is -1.95. The van der Waals surface area contributed by atoms with E-state index in [0.717, 1.165) is 4.90 Å². The molecule has 1 aliphatic heterocycles. The van der Waals surface area contributed by atoms with Crippen LogP contribution < -0.4 is 11.1 Å². The number of benzene rings is 1. The normalized spacial score (nSPS) is 13.9. The quantitative estimate of drug-likeness (QED) is 0.549. The van der Waals surface area contributed by atoms with Crippen molar-refractivity contribution in [2.24, 2.45) is 5.73 Å². The fourth-order valence-corrected chi connectivity index (χ4v) is 1.70. The summed E-state index contributed by atoms with van der Waals surface area (Å²) in [4.78, 5) is 24.3. The van der Waals surface area contributed by atoms with Crippen LogP contribution in [0.4, 0.5) is 5.69 Å². The zero-order valence-electron chi connectivity index (χ0n) is 8.48. The lowest BCUT2D eigenvalue weighted by Crippen LogP contribution is -2.24. The first-order valence-corrected chi connectivity index (χ1v) is 4.94. The molecule has 0 aliphatic carbocycles. The van der Waals surface area contributed by atoms with E-state index in [9.17, 15) is 9.59 Å². The second kappa shape index (κ2) is 3.57. The van der Waals surface area contributed by atoms with Gasteiger partial charge in [-0.2, -0.15) is 0 Å². The number of amides is 2. The van der Waals surface area contributed by atoms with Crippen LogP contribution in [-0.4, -0.2) is 28.9 Å². The summed E-state index contributed by atoms with van der Waals surface area (Å²) in [7, 11) is 1.45. The summed E-state index contributed by atoms with van der Waals surface area (Å²) in [6, 6.07) is 4.81. The second-order valence-corrected chi connectivity index (χ2v) is 3.86. The van der Waals surface area contributed by atoms with Crippen LogP contribution in [0.3, 0.4) is 0 Å². The standard InChI is InChI=1S/C10H9N3O2S/c1-13-8(14)6-3-2-5(12-10(11)16)4-7(6)9(13)15/h2-4H,1H3,(H3,11,12,16). The molecule has 0 aromatic heterocycles. The highest BCUT2D eigenvalue weighted by atomic mass is 32.1. The third kappa shape index (κ3) is 1.53. The molecule has 0 bridgehead atoms. The van der Waals surface area contributed by atoms with Crippen molar-refractivity contribution in [1.29, 1.82) is 0 Å². The van der Waals surface area contributed by atoms with E-state index >= 15 is 0 Å². The molecule has 0 atom stereocenters. The van der Waals surface area contributed by atoms with Crippen molar-refractivity contribution >= 4 is 34.8 Å². The summed E-state index contributed by atoms with van der Waals surface area (Å²) in [5.41, 5.74) is 6.69. The van der Waals surface area contributed by atoms with Gasteiger partial charge < -0.3 is 11.1 Å². The average molecular weight is 235 g/mol. The van der Waals surface area contributed by atoms with E-state index in [1.54, 1.807) is 18.2 Å². The highest BCUT2D eigenvalue weighted by Gasteiger charge is 2.32. The number of nitrogens with zero attached hydrogens (tertiary/aromatic N) is 1. The number of nitrogens with one attached hydrogen (secondary N) is 1. The van der Waals surface area contributed by atoms with Crippen LogP contribution in [0.1, 0.15) is 20.7 Å². The highest BCUT2D eigenvalue weighted by Crippen LogP contribution is 2.24. The van der Waals surface area contributed by atoms with E-state index in [0.29, 0.717) is 16.8 Å². The molecule has 0 saturated heterocycles. The van der Waals surface area contributed by atoms with Crippen LogP contribution >= 0.6 is 12.2 Å². The van der Waals surface area contributed by atoms with Crippen LogP contribution in [-0.2, 0) is 0 Å². The van der Waals surface area contributed by atoms with Crippen molar-refractivity contribution in [2.45, 2.75) is 0 Å². The van der Waals surface area contributed by atoms with Crippen molar-refractivity contribution in [2.75, 3.05) is 12.4 Å². The topological polar surface area (TPSA) is 75.4 Å². The first kappa shape index (κ1) is 10.6. The molecular formula is C10H9N3O2S. The maximum atomic E-state index is 11.7. The first-order valence-electron chi connectivity index (χ1n) is 4.53. The van der Waals surface area contributed by atoms with Gasteiger partial charge in [0.15, 0.2) is 5.11 Å². The number of anilines is 1. The lowest BCUT2D eigenvalue weighted by atomic mass is 10.1. The van der Waals surface area contributed by atoms with Crippen LogP contribution in [0.25, 0.3) is 0 Å². The Bertz CT molecular complexity index is 513. The molecule has 2 amide bonds. The predicted molar refractivity (Wildman–Crippen MR) is 63.3 cm³/mol. The minimum atomic E-state index is -0.313. The van der Waals surface area contributed by atoms with E-state index in [2.05, 4.69) is 17.5 Å². The minimum absolute atomic E-state index is 0.116. The van der Waals surface area contributed by atoms with Gasteiger partial charge in [-0.1, -0.05) is 0 Å². The maximum absolute atomic E-state index is 11.7. The van der Waals surface area contributed by atoms with Crippen molar-refractivity contribution in [3.63, 3.8) is 0 Å². The molecule has 6 heteroatoms. The van der Waals surface area contributed by atoms with Crippen molar-refractivity contribution in [1.82, 2.24) is 4.90 Å². The van der Waals surface area contributed by atoms with E-state index in [-0.39, 0.29) is 16.9 Å². The number of carbonyl (C=O) groups is 2. The molecule has 0 radical (unpaired) electrons. The molecule has 0 spiro atoms. The lowest BCUT2D eigenvalue weighted by molar-refractivity contribution is 0.0693. The predicted octanol–water partition coefficient (Wildman–Crippen LogP) is 0.568. The minimum Gasteiger partial charge on any atom is -0.376 e. The SMILES string of the molecule is CN1C(=O)c2ccc(NC(N)=S)cc2C1=O. The van der Waals surface area contributed by atoms with Crippen LogP contribution in [0.2, 0.25) is 0 Å². The van der Waals surface area contributed by atoms with Crippen molar-refractivity contribution in [3.05, 3.63) is 29.3 Å². The third-order valence-corrected chi connectivity index (χ3v) is 2.46. The smallest absolute Gasteiger partial charge is 0.261 e. The first-order chi connectivity index (χ1) is 7.50. The molecule has 2 rings (SSSR count). The molecule has 0 unspecified atom stereocenters. The zero-order valence-corrected chi connectivity index (χ0v) is 9.30. The summed E-state index contributed by atoms with van der Waals surface area (Å²) in [5.74, 6) is -0.603. The van der Waals surface area contributed by atoms with Gasteiger partial charge in [-0.25, -0.2) is 0 Å². The van der Waals surface area contributed by atoms with Gasteiger partial charge in [0, 0.05) is 12.7 Å². The molecule has 1 aliphatic rings. The van der Waals surface area contributed by atoms with Gasteiger partial charge in [0.05, 0.1) is 11.1 Å². The summed E-state index contributed by atoms with van der Waals surface area (Å²) >= 11 is 4.69. The molecule has 3 N–H and O–H groups in total. The monoisotopic (exact) mass is 235 g/mol. The number of imide groups is 1. The zero-order chi connectivity index (χ0) is 11.9. The molecule has 1 aromatic carbocycles. The fraction of sp³-hybridized carbons (Fsp3) is 0.100. The van der Waals surface area contributed by atoms with E-state index < -0.39 is 0 Å². The van der Waals surface area contributed by atoms with E-state index in [4.69, 9.17) is 5.73 Å². The second-order valence-electron chi connectivity index (χ2n) is 3.42. The number of rotatable bonds is 1. The van der Waals surface area contributed by atoms with Crippen LogP contribution in [0.15, 0.2) is 18.2 Å². The third-order valence-electron chi connectivity index (χ3n) is 2.36. The summed E-state index contributed by atoms with van der Waals surface area (Å²) < 4.78 is 0. The molecule has 1 aromatic rings. The Morgan fingerprint density at radius 2 is 1.94 bits per heavy atom. The summed E-state index contributed by atoms with van der Waals surface area (Å²) in [6.45, 7) is 0. The van der Waals surface area contributed by atoms with Gasteiger partial charge in [0.25, 0.3) is 11.8 Å². The Labute approximate surface area is 97.2 Å². The van der Waals surface area contributed by atoms with Crippen molar-refractivity contribution in [3.8, 4) is 0 Å². The van der Waals surface area contributed by atoms with Gasteiger partial charge in [0.1, 0.15) is 0 Å². The number of fused-ring (bicyclic) bond motifs is 1. The van der Waals surface area contributed by atoms with Gasteiger partial charge in [-0.3, -0.25) is 14.5 Å². The maximum Gasteiger partial charge on any atom is 0.261 e. The number of thiocarbonyl (C=S) groups is 1. The molecular weight excluding hydrogens is 226 g/mol. The van der Waals surface area contributed by atoms with E-state index in [1.165, 1.54) is 7.05 Å². The Morgan fingerprint density at radius 3 is 2.56 bits per heavy atom.